The van der Waals surface area contributed by atoms with Crippen LogP contribution in [0, 0.1) is 0 Å². The Morgan fingerprint density at radius 2 is 1.94 bits per heavy atom. The zero-order valence-corrected chi connectivity index (χ0v) is 9.29. The largest absolute Gasteiger partial charge is 0.497 e. The van der Waals surface area contributed by atoms with Gasteiger partial charge in [0.25, 0.3) is 0 Å². The number of hydrogen-bond donors (Lipinski definition) is 1. The summed E-state index contributed by atoms with van der Waals surface area (Å²) < 4.78 is 56.8. The average molecular weight is 266 g/mol. The molecule has 18 heavy (non-hydrogen) atoms. The summed E-state index contributed by atoms with van der Waals surface area (Å²) in [5, 5.41) is 8.43. The second kappa shape index (κ2) is 4.83. The number of ether oxygens (including phenoxy) is 1. The van der Waals surface area contributed by atoms with Crippen LogP contribution in [0.4, 0.5) is 17.6 Å². The minimum absolute atomic E-state index is 0.0177. The van der Waals surface area contributed by atoms with Gasteiger partial charge in [0.05, 0.1) is 13.5 Å². The molecule has 1 aromatic rings. The van der Waals surface area contributed by atoms with Crippen molar-refractivity contribution in [3.63, 3.8) is 0 Å². The van der Waals surface area contributed by atoms with Crippen LogP contribution < -0.4 is 4.74 Å². The first kappa shape index (κ1) is 14.3. The summed E-state index contributed by atoms with van der Waals surface area (Å²) in [6.07, 6.45) is -7.01. The molecule has 7 heteroatoms. The summed E-state index contributed by atoms with van der Waals surface area (Å²) in [7, 11) is 1.21. The lowest BCUT2D eigenvalue weighted by Crippen LogP contribution is -2.40. The van der Waals surface area contributed by atoms with Crippen molar-refractivity contribution in [2.75, 3.05) is 7.11 Å². The Hall–Kier alpha value is -1.79. The number of hydrogen-bond acceptors (Lipinski definition) is 2. The van der Waals surface area contributed by atoms with Gasteiger partial charge < -0.3 is 9.84 Å². The first-order valence-corrected chi connectivity index (χ1v) is 4.82. The Labute approximate surface area is 100.0 Å². The van der Waals surface area contributed by atoms with Crippen LogP contribution >= 0.6 is 0 Å². The van der Waals surface area contributed by atoms with Crippen molar-refractivity contribution < 1.29 is 32.2 Å². The molecule has 0 saturated heterocycles. The third kappa shape index (κ3) is 2.72. The number of benzene rings is 1. The summed E-state index contributed by atoms with van der Waals surface area (Å²) in [4.78, 5) is 10.4. The highest BCUT2D eigenvalue weighted by molar-refractivity contribution is 5.69. The van der Waals surface area contributed by atoms with Crippen LogP contribution in [0.25, 0.3) is 0 Å². The van der Waals surface area contributed by atoms with Crippen LogP contribution in [0.3, 0.4) is 0 Å². The zero-order valence-electron chi connectivity index (χ0n) is 9.29. The van der Waals surface area contributed by atoms with Crippen molar-refractivity contribution in [1.29, 1.82) is 0 Å². The van der Waals surface area contributed by atoms with E-state index in [4.69, 9.17) is 5.11 Å². The summed E-state index contributed by atoms with van der Waals surface area (Å²) in [6.45, 7) is 0. The van der Waals surface area contributed by atoms with Crippen LogP contribution in [0.15, 0.2) is 24.3 Å². The third-order valence-corrected chi connectivity index (χ3v) is 2.37. The summed E-state index contributed by atoms with van der Waals surface area (Å²) in [6, 6.07) is 4.20. The molecule has 3 nitrogen and oxygen atoms in total. The molecular weight excluding hydrogens is 256 g/mol. The van der Waals surface area contributed by atoms with Crippen molar-refractivity contribution in [3.8, 4) is 5.75 Å². The van der Waals surface area contributed by atoms with Crippen molar-refractivity contribution >= 4 is 5.97 Å². The van der Waals surface area contributed by atoms with E-state index in [1.165, 1.54) is 13.2 Å². The average Bonchev–Trinajstić information content (AvgIpc) is 2.26. The molecule has 1 N–H and O–H groups in total. The van der Waals surface area contributed by atoms with E-state index in [0.717, 1.165) is 18.2 Å². The van der Waals surface area contributed by atoms with E-state index >= 15 is 0 Å². The number of methoxy groups -OCH3 is 1. The highest BCUT2D eigenvalue weighted by Crippen LogP contribution is 2.45. The molecule has 0 fully saturated rings. The molecule has 0 saturated carbocycles. The Bertz CT molecular complexity index is 444. The lowest BCUT2D eigenvalue weighted by molar-refractivity contribution is -0.239. The SMILES string of the molecule is COc1cccc(C(F)(CC(=O)O)C(F)(F)F)c1. The van der Waals surface area contributed by atoms with E-state index in [9.17, 15) is 22.4 Å². The monoisotopic (exact) mass is 266 g/mol. The fraction of sp³-hybridized carbons (Fsp3) is 0.364. The van der Waals surface area contributed by atoms with Crippen LogP contribution in [-0.2, 0) is 10.5 Å². The first-order valence-electron chi connectivity index (χ1n) is 4.82. The molecule has 0 aliphatic heterocycles. The fourth-order valence-corrected chi connectivity index (χ4v) is 1.44. The van der Waals surface area contributed by atoms with Gasteiger partial charge in [-0.15, -0.1) is 0 Å². The molecule has 0 aliphatic carbocycles. The topological polar surface area (TPSA) is 46.5 Å². The molecule has 0 aliphatic rings. The predicted octanol–water partition coefficient (Wildman–Crippen LogP) is 2.90. The smallest absolute Gasteiger partial charge is 0.427 e. The maximum absolute atomic E-state index is 14.0. The van der Waals surface area contributed by atoms with Gasteiger partial charge in [-0.25, -0.2) is 4.39 Å². The first-order chi connectivity index (χ1) is 8.20. The number of aliphatic carboxylic acids is 1. The molecule has 1 unspecified atom stereocenters. The number of alkyl halides is 4. The number of carbonyl (C=O) groups is 1. The van der Waals surface area contributed by atoms with Gasteiger partial charge in [0.1, 0.15) is 5.75 Å². The molecule has 1 atom stereocenters. The van der Waals surface area contributed by atoms with Gasteiger partial charge in [0.2, 0.25) is 5.67 Å². The van der Waals surface area contributed by atoms with E-state index in [1.54, 1.807) is 0 Å². The Kier molecular flexibility index (Phi) is 3.83. The molecule has 0 amide bonds. The van der Waals surface area contributed by atoms with E-state index < -0.39 is 29.8 Å². The highest BCUT2D eigenvalue weighted by Gasteiger charge is 2.58. The minimum atomic E-state index is -5.32. The fourth-order valence-electron chi connectivity index (χ4n) is 1.44. The van der Waals surface area contributed by atoms with Gasteiger partial charge in [-0.3, -0.25) is 4.79 Å². The van der Waals surface area contributed by atoms with Gasteiger partial charge in [-0.1, -0.05) is 12.1 Å². The Balaban J connectivity index is 3.29. The molecule has 0 aromatic heterocycles. The Morgan fingerprint density at radius 3 is 2.39 bits per heavy atom. The number of rotatable bonds is 4. The maximum atomic E-state index is 14.0. The normalized spacial score (nSPS) is 14.9. The van der Waals surface area contributed by atoms with Crippen molar-refractivity contribution in [1.82, 2.24) is 0 Å². The zero-order chi connectivity index (χ0) is 14.0. The van der Waals surface area contributed by atoms with Crippen LogP contribution in [0.2, 0.25) is 0 Å². The van der Waals surface area contributed by atoms with E-state index in [1.807, 2.05) is 0 Å². The lowest BCUT2D eigenvalue weighted by Gasteiger charge is -2.27. The van der Waals surface area contributed by atoms with Crippen molar-refractivity contribution in [3.05, 3.63) is 29.8 Å². The molecular formula is C11H10F4O3. The summed E-state index contributed by atoms with van der Waals surface area (Å²) >= 11 is 0. The van der Waals surface area contributed by atoms with E-state index in [2.05, 4.69) is 4.74 Å². The van der Waals surface area contributed by atoms with Gasteiger partial charge in [-0.2, -0.15) is 13.2 Å². The molecule has 1 rings (SSSR count). The number of carboxylic acid groups (broad SMARTS) is 1. The molecule has 100 valence electrons. The lowest BCUT2D eigenvalue weighted by atomic mass is 9.91. The van der Waals surface area contributed by atoms with Crippen LogP contribution in [0.1, 0.15) is 12.0 Å². The van der Waals surface area contributed by atoms with Gasteiger partial charge in [0, 0.05) is 5.56 Å². The Morgan fingerprint density at radius 1 is 1.33 bits per heavy atom. The van der Waals surface area contributed by atoms with E-state index in [0.29, 0.717) is 0 Å². The summed E-state index contributed by atoms with van der Waals surface area (Å²) in [5.41, 5.74) is -4.73. The molecule has 0 bridgehead atoms. The maximum Gasteiger partial charge on any atom is 0.427 e. The second-order valence-corrected chi connectivity index (χ2v) is 3.60. The summed E-state index contributed by atoms with van der Waals surface area (Å²) in [5.74, 6) is -1.86. The minimum Gasteiger partial charge on any atom is -0.497 e. The van der Waals surface area contributed by atoms with Crippen LogP contribution in [0.5, 0.6) is 5.75 Å². The van der Waals surface area contributed by atoms with Crippen molar-refractivity contribution in [2.24, 2.45) is 0 Å². The van der Waals surface area contributed by atoms with Gasteiger partial charge >= 0.3 is 12.1 Å². The van der Waals surface area contributed by atoms with Gasteiger partial charge in [-0.05, 0) is 12.1 Å². The molecule has 0 heterocycles. The predicted molar refractivity (Wildman–Crippen MR) is 54.1 cm³/mol. The highest BCUT2D eigenvalue weighted by atomic mass is 19.4. The number of halogens is 4. The number of carboxylic acids is 1. The van der Waals surface area contributed by atoms with Gasteiger partial charge in [0.15, 0.2) is 0 Å². The second-order valence-electron chi connectivity index (χ2n) is 3.60. The van der Waals surface area contributed by atoms with Crippen LogP contribution in [-0.4, -0.2) is 24.4 Å². The molecule has 0 spiro atoms. The molecule has 1 aromatic carbocycles. The quantitative estimate of drug-likeness (QED) is 0.852. The van der Waals surface area contributed by atoms with E-state index in [-0.39, 0.29) is 5.75 Å². The molecule has 0 radical (unpaired) electrons. The third-order valence-electron chi connectivity index (χ3n) is 2.37. The standard InChI is InChI=1S/C11H10F4O3/c1-18-8-4-2-3-7(5-8)10(12,6-9(16)17)11(13,14)15/h2-5H,6H2,1H3,(H,16,17). The van der Waals surface area contributed by atoms with Crippen molar-refractivity contribution in [2.45, 2.75) is 18.3 Å².